The average molecular weight is 244 g/mol. The van der Waals surface area contributed by atoms with Crippen molar-refractivity contribution in [2.75, 3.05) is 18.9 Å². The Morgan fingerprint density at radius 2 is 2.11 bits per heavy atom. The summed E-state index contributed by atoms with van der Waals surface area (Å²) in [4.78, 5) is 2.41. The quantitative estimate of drug-likeness (QED) is 0.873. The van der Waals surface area contributed by atoms with Crippen LogP contribution in [0.15, 0.2) is 36.5 Å². The first-order chi connectivity index (χ1) is 8.58. The molecule has 0 aliphatic carbocycles. The Hall–Kier alpha value is -1.28. The van der Waals surface area contributed by atoms with Gasteiger partial charge in [-0.15, -0.1) is 0 Å². The molecule has 1 aliphatic rings. The van der Waals surface area contributed by atoms with Gasteiger partial charge in [-0.05, 0) is 50.9 Å². The first-order valence-corrected chi connectivity index (χ1v) is 6.79. The Kier molecular flexibility index (Phi) is 4.07. The molecule has 1 heterocycles. The van der Waals surface area contributed by atoms with Crippen LogP contribution in [0, 0.1) is 12.8 Å². The van der Waals surface area contributed by atoms with Crippen molar-refractivity contribution >= 4 is 5.69 Å². The van der Waals surface area contributed by atoms with Gasteiger partial charge in [-0.25, -0.2) is 0 Å². The number of likely N-dealkylation sites (N-methyl/N-ethyl adjacent to an activating group) is 1. The van der Waals surface area contributed by atoms with Gasteiger partial charge >= 0.3 is 0 Å². The van der Waals surface area contributed by atoms with Gasteiger partial charge in [0.25, 0.3) is 0 Å². The van der Waals surface area contributed by atoms with Gasteiger partial charge in [0.2, 0.25) is 0 Å². The predicted molar refractivity (Wildman–Crippen MR) is 78.8 cm³/mol. The number of piperidine rings is 1. The van der Waals surface area contributed by atoms with Gasteiger partial charge in [0, 0.05) is 17.4 Å². The number of aryl methyl sites for hydroxylation is 1. The van der Waals surface area contributed by atoms with Crippen LogP contribution in [0.25, 0.3) is 0 Å². The second-order valence-corrected chi connectivity index (χ2v) is 5.59. The van der Waals surface area contributed by atoms with E-state index < -0.39 is 0 Å². The number of hydrogen-bond acceptors (Lipinski definition) is 2. The van der Waals surface area contributed by atoms with Crippen LogP contribution in [0.2, 0.25) is 0 Å². The molecule has 1 fully saturated rings. The van der Waals surface area contributed by atoms with Crippen molar-refractivity contribution in [3.63, 3.8) is 0 Å². The normalized spacial score (nSPS) is 24.8. The Morgan fingerprint density at radius 3 is 2.83 bits per heavy atom. The van der Waals surface area contributed by atoms with Crippen LogP contribution in [-0.2, 0) is 0 Å². The summed E-state index contributed by atoms with van der Waals surface area (Å²) in [5.41, 5.74) is 3.57. The summed E-state index contributed by atoms with van der Waals surface area (Å²) >= 11 is 0. The molecule has 0 amide bonds. The summed E-state index contributed by atoms with van der Waals surface area (Å²) in [6.45, 7) is 9.88. The van der Waals surface area contributed by atoms with E-state index in [2.05, 4.69) is 62.0 Å². The van der Waals surface area contributed by atoms with E-state index >= 15 is 0 Å². The van der Waals surface area contributed by atoms with Gasteiger partial charge in [0.1, 0.15) is 0 Å². The van der Waals surface area contributed by atoms with Gasteiger partial charge in [-0.2, -0.15) is 0 Å². The number of benzene rings is 1. The molecule has 1 N–H and O–H groups in total. The summed E-state index contributed by atoms with van der Waals surface area (Å²) in [6, 6.07) is 8.83. The van der Waals surface area contributed by atoms with Crippen molar-refractivity contribution in [3.05, 3.63) is 42.1 Å². The molecule has 2 rings (SSSR count). The standard InChI is InChI=1S/C16H24N2/c1-12-9-10-18(4)16(11-12)14(3)17-15-8-6-5-7-13(15)2/h5-8,12,16-17H,3,9-11H2,1-2,4H3/t12?,16-/m1/s1. The van der Waals surface area contributed by atoms with Crippen molar-refractivity contribution in [1.82, 2.24) is 4.90 Å². The molecule has 1 aromatic carbocycles. The third kappa shape index (κ3) is 2.94. The molecule has 2 heteroatoms. The lowest BCUT2D eigenvalue weighted by Gasteiger charge is -2.37. The maximum absolute atomic E-state index is 4.25. The average Bonchev–Trinajstić information content (AvgIpc) is 2.35. The zero-order valence-electron chi connectivity index (χ0n) is 11.7. The number of rotatable bonds is 3. The van der Waals surface area contributed by atoms with Crippen molar-refractivity contribution in [3.8, 4) is 0 Å². The fourth-order valence-electron chi connectivity index (χ4n) is 2.64. The SMILES string of the molecule is C=C(Nc1ccccc1C)[C@H]1CC(C)CCN1C. The number of para-hydroxylation sites is 1. The van der Waals surface area contributed by atoms with E-state index in [0.717, 1.165) is 11.6 Å². The van der Waals surface area contributed by atoms with Gasteiger partial charge in [0.05, 0.1) is 0 Å². The molecule has 1 unspecified atom stereocenters. The van der Waals surface area contributed by atoms with E-state index in [9.17, 15) is 0 Å². The summed E-state index contributed by atoms with van der Waals surface area (Å²) in [6.07, 6.45) is 2.50. The van der Waals surface area contributed by atoms with Crippen LogP contribution in [0.4, 0.5) is 5.69 Å². The molecule has 0 aromatic heterocycles. The fourth-order valence-corrected chi connectivity index (χ4v) is 2.64. The van der Waals surface area contributed by atoms with E-state index in [0.29, 0.717) is 6.04 Å². The summed E-state index contributed by atoms with van der Waals surface area (Å²) in [7, 11) is 2.20. The molecule has 0 radical (unpaired) electrons. The van der Waals surface area contributed by atoms with Gasteiger partial charge in [0.15, 0.2) is 0 Å². The fraction of sp³-hybridized carbons (Fsp3) is 0.500. The van der Waals surface area contributed by atoms with Crippen LogP contribution >= 0.6 is 0 Å². The first-order valence-electron chi connectivity index (χ1n) is 6.79. The maximum Gasteiger partial charge on any atom is 0.0492 e. The third-order valence-electron chi connectivity index (χ3n) is 3.97. The number of nitrogens with zero attached hydrogens (tertiary/aromatic N) is 1. The van der Waals surface area contributed by atoms with Crippen molar-refractivity contribution in [2.45, 2.75) is 32.7 Å². The minimum absolute atomic E-state index is 0.452. The van der Waals surface area contributed by atoms with Gasteiger partial charge in [-0.3, -0.25) is 4.90 Å². The maximum atomic E-state index is 4.25. The monoisotopic (exact) mass is 244 g/mol. The second-order valence-electron chi connectivity index (χ2n) is 5.59. The molecule has 1 aromatic rings. The van der Waals surface area contributed by atoms with E-state index in [-0.39, 0.29) is 0 Å². The lowest BCUT2D eigenvalue weighted by molar-refractivity contribution is 0.174. The van der Waals surface area contributed by atoms with Crippen molar-refractivity contribution in [2.24, 2.45) is 5.92 Å². The Morgan fingerprint density at radius 1 is 1.39 bits per heavy atom. The predicted octanol–water partition coefficient (Wildman–Crippen LogP) is 3.65. The largest absolute Gasteiger partial charge is 0.358 e. The number of hydrogen-bond donors (Lipinski definition) is 1. The molecule has 1 saturated heterocycles. The van der Waals surface area contributed by atoms with E-state index in [1.54, 1.807) is 0 Å². The summed E-state index contributed by atoms with van der Waals surface area (Å²) in [5.74, 6) is 0.793. The summed E-state index contributed by atoms with van der Waals surface area (Å²) < 4.78 is 0. The summed E-state index contributed by atoms with van der Waals surface area (Å²) in [5, 5.41) is 3.49. The molecule has 0 saturated carbocycles. The molecule has 0 bridgehead atoms. The number of likely N-dealkylation sites (tertiary alicyclic amines) is 1. The van der Waals surface area contributed by atoms with Crippen LogP contribution in [-0.4, -0.2) is 24.5 Å². The Labute approximate surface area is 111 Å². The molecule has 18 heavy (non-hydrogen) atoms. The zero-order chi connectivity index (χ0) is 13.1. The van der Waals surface area contributed by atoms with Crippen LogP contribution in [0.5, 0.6) is 0 Å². The number of anilines is 1. The topological polar surface area (TPSA) is 15.3 Å². The van der Waals surface area contributed by atoms with Gasteiger partial charge in [-0.1, -0.05) is 31.7 Å². The lowest BCUT2D eigenvalue weighted by Crippen LogP contribution is -2.41. The van der Waals surface area contributed by atoms with Crippen molar-refractivity contribution in [1.29, 1.82) is 0 Å². The van der Waals surface area contributed by atoms with Crippen LogP contribution < -0.4 is 5.32 Å². The molecule has 2 atom stereocenters. The molecule has 1 aliphatic heterocycles. The highest BCUT2D eigenvalue weighted by Gasteiger charge is 2.25. The van der Waals surface area contributed by atoms with E-state index in [1.165, 1.54) is 30.6 Å². The molecule has 98 valence electrons. The Bertz CT molecular complexity index is 425. The molecule has 0 spiro atoms. The minimum atomic E-state index is 0.452. The molecular weight excluding hydrogens is 220 g/mol. The van der Waals surface area contributed by atoms with Crippen LogP contribution in [0.1, 0.15) is 25.3 Å². The highest BCUT2D eigenvalue weighted by molar-refractivity contribution is 5.54. The zero-order valence-corrected chi connectivity index (χ0v) is 11.7. The highest BCUT2D eigenvalue weighted by atomic mass is 15.2. The Balaban J connectivity index is 2.05. The lowest BCUT2D eigenvalue weighted by atomic mass is 9.91. The first kappa shape index (κ1) is 13.2. The van der Waals surface area contributed by atoms with Gasteiger partial charge < -0.3 is 5.32 Å². The smallest absolute Gasteiger partial charge is 0.0492 e. The number of nitrogens with one attached hydrogen (secondary N) is 1. The van der Waals surface area contributed by atoms with Crippen LogP contribution in [0.3, 0.4) is 0 Å². The minimum Gasteiger partial charge on any atom is -0.358 e. The van der Waals surface area contributed by atoms with E-state index in [1.807, 2.05) is 0 Å². The molecule has 2 nitrogen and oxygen atoms in total. The third-order valence-corrected chi connectivity index (χ3v) is 3.97. The molecular formula is C16H24N2. The second kappa shape index (κ2) is 5.57. The van der Waals surface area contributed by atoms with Crippen molar-refractivity contribution < 1.29 is 0 Å². The van der Waals surface area contributed by atoms with E-state index in [4.69, 9.17) is 0 Å². The highest BCUT2D eigenvalue weighted by Crippen LogP contribution is 2.26.